The van der Waals surface area contributed by atoms with E-state index in [0.29, 0.717) is 0 Å². The molecule has 2 aliphatic rings. The van der Waals surface area contributed by atoms with Crippen LogP contribution in [0.4, 0.5) is 0 Å². The van der Waals surface area contributed by atoms with Gasteiger partial charge in [0.25, 0.3) is 0 Å². The summed E-state index contributed by atoms with van der Waals surface area (Å²) in [6.07, 6.45) is 7.35. The summed E-state index contributed by atoms with van der Waals surface area (Å²) < 4.78 is 0. The molecule has 1 nitrogen and oxygen atoms in total. The second kappa shape index (κ2) is 5.08. The second-order valence-corrected chi connectivity index (χ2v) is 6.54. The monoisotopic (exact) mass is 223 g/mol. The highest BCUT2D eigenvalue weighted by molar-refractivity contribution is 4.93. The summed E-state index contributed by atoms with van der Waals surface area (Å²) in [6, 6.07) is 1.66. The first-order chi connectivity index (χ1) is 7.61. The van der Waals surface area contributed by atoms with Gasteiger partial charge >= 0.3 is 0 Å². The Morgan fingerprint density at radius 3 is 2.25 bits per heavy atom. The quantitative estimate of drug-likeness (QED) is 0.685. The number of fused-ring (bicyclic) bond motifs is 1. The summed E-state index contributed by atoms with van der Waals surface area (Å²) in [4.78, 5) is 2.79. The third-order valence-electron chi connectivity index (χ3n) is 5.00. The first kappa shape index (κ1) is 12.4. The topological polar surface area (TPSA) is 3.24 Å². The Balaban J connectivity index is 2.11. The van der Waals surface area contributed by atoms with E-state index >= 15 is 0 Å². The number of piperidine rings is 1. The lowest BCUT2D eigenvalue weighted by Crippen LogP contribution is -2.53. The Kier molecular flexibility index (Phi) is 3.94. The maximum absolute atomic E-state index is 2.79. The molecule has 0 spiro atoms. The van der Waals surface area contributed by atoms with Crippen molar-refractivity contribution >= 4 is 0 Å². The van der Waals surface area contributed by atoms with E-state index in [1.54, 1.807) is 0 Å². The van der Waals surface area contributed by atoms with Crippen LogP contribution in [-0.4, -0.2) is 23.5 Å². The van der Waals surface area contributed by atoms with Crippen LogP contribution in [0.2, 0.25) is 0 Å². The van der Waals surface area contributed by atoms with E-state index in [0.717, 1.165) is 29.8 Å². The van der Waals surface area contributed by atoms with E-state index in [1.807, 2.05) is 0 Å². The molecule has 1 heteroatoms. The van der Waals surface area contributed by atoms with E-state index in [9.17, 15) is 0 Å². The van der Waals surface area contributed by atoms with Crippen molar-refractivity contribution in [2.45, 2.75) is 71.9 Å². The highest BCUT2D eigenvalue weighted by atomic mass is 15.2. The van der Waals surface area contributed by atoms with Gasteiger partial charge in [-0.1, -0.05) is 26.7 Å². The molecule has 1 aliphatic carbocycles. The van der Waals surface area contributed by atoms with Gasteiger partial charge in [-0.3, -0.25) is 4.90 Å². The molecule has 0 N–H and O–H groups in total. The maximum Gasteiger partial charge on any atom is 0.0129 e. The molecular formula is C15H29N. The van der Waals surface area contributed by atoms with Gasteiger partial charge in [-0.2, -0.15) is 0 Å². The highest BCUT2D eigenvalue weighted by Gasteiger charge is 2.40. The third kappa shape index (κ3) is 2.30. The summed E-state index contributed by atoms with van der Waals surface area (Å²) in [7, 11) is 0. The van der Waals surface area contributed by atoms with Crippen LogP contribution in [0, 0.1) is 17.8 Å². The summed E-state index contributed by atoms with van der Waals surface area (Å²) in [5.74, 6) is 2.89. The lowest BCUT2D eigenvalue weighted by Gasteiger charge is -2.51. The third-order valence-corrected chi connectivity index (χ3v) is 5.00. The van der Waals surface area contributed by atoms with E-state index in [2.05, 4.69) is 32.6 Å². The average molecular weight is 223 g/mol. The SMILES string of the molecule is CC(C)C1CCN(C(C)C)C2CCCCC12. The van der Waals surface area contributed by atoms with Gasteiger partial charge in [-0.15, -0.1) is 0 Å². The molecule has 1 aliphatic heterocycles. The maximum atomic E-state index is 2.79. The minimum Gasteiger partial charge on any atom is -0.298 e. The van der Waals surface area contributed by atoms with Gasteiger partial charge in [0.15, 0.2) is 0 Å². The minimum absolute atomic E-state index is 0.749. The van der Waals surface area contributed by atoms with Gasteiger partial charge in [0.2, 0.25) is 0 Å². The molecule has 0 aromatic carbocycles. The predicted molar refractivity (Wildman–Crippen MR) is 70.5 cm³/mol. The van der Waals surface area contributed by atoms with Crippen molar-refractivity contribution < 1.29 is 0 Å². The lowest BCUT2D eigenvalue weighted by molar-refractivity contribution is -0.0144. The van der Waals surface area contributed by atoms with Crippen molar-refractivity contribution in [2.24, 2.45) is 17.8 Å². The van der Waals surface area contributed by atoms with Crippen LogP contribution < -0.4 is 0 Å². The Hall–Kier alpha value is -0.0400. The number of hydrogen-bond donors (Lipinski definition) is 0. The smallest absolute Gasteiger partial charge is 0.0129 e. The molecule has 3 atom stereocenters. The van der Waals surface area contributed by atoms with Crippen molar-refractivity contribution in [3.05, 3.63) is 0 Å². The summed E-state index contributed by atoms with van der Waals surface area (Å²) >= 11 is 0. The van der Waals surface area contributed by atoms with Gasteiger partial charge in [-0.05, 0) is 57.4 Å². The van der Waals surface area contributed by atoms with Gasteiger partial charge < -0.3 is 0 Å². The van der Waals surface area contributed by atoms with Crippen LogP contribution in [0.1, 0.15) is 59.8 Å². The molecule has 0 aromatic heterocycles. The van der Waals surface area contributed by atoms with Crippen molar-refractivity contribution in [1.82, 2.24) is 4.90 Å². The number of rotatable bonds is 2. The van der Waals surface area contributed by atoms with Crippen LogP contribution in [0.5, 0.6) is 0 Å². The fourth-order valence-electron chi connectivity index (χ4n) is 4.20. The normalized spacial score (nSPS) is 36.8. The number of likely N-dealkylation sites (tertiary alicyclic amines) is 1. The molecular weight excluding hydrogens is 194 g/mol. The molecule has 1 saturated carbocycles. The van der Waals surface area contributed by atoms with Crippen molar-refractivity contribution in [3.63, 3.8) is 0 Å². The van der Waals surface area contributed by atoms with Gasteiger partial charge in [-0.25, -0.2) is 0 Å². The Morgan fingerprint density at radius 2 is 1.62 bits per heavy atom. The molecule has 0 bridgehead atoms. The van der Waals surface area contributed by atoms with E-state index in [-0.39, 0.29) is 0 Å². The zero-order chi connectivity index (χ0) is 11.7. The molecule has 2 rings (SSSR count). The predicted octanol–water partition coefficient (Wildman–Crippen LogP) is 3.93. The second-order valence-electron chi connectivity index (χ2n) is 6.54. The fourth-order valence-corrected chi connectivity index (χ4v) is 4.20. The minimum atomic E-state index is 0.749. The van der Waals surface area contributed by atoms with Gasteiger partial charge in [0.05, 0.1) is 0 Å². The van der Waals surface area contributed by atoms with Crippen LogP contribution in [0.25, 0.3) is 0 Å². The Labute approximate surface area is 102 Å². The average Bonchev–Trinajstić information content (AvgIpc) is 2.27. The van der Waals surface area contributed by atoms with Crippen LogP contribution in [-0.2, 0) is 0 Å². The zero-order valence-electron chi connectivity index (χ0n) is 11.6. The highest BCUT2D eigenvalue weighted by Crippen LogP contribution is 2.42. The molecule has 0 radical (unpaired) electrons. The fraction of sp³-hybridized carbons (Fsp3) is 1.00. The van der Waals surface area contributed by atoms with Crippen molar-refractivity contribution in [2.75, 3.05) is 6.54 Å². The van der Waals surface area contributed by atoms with Gasteiger partial charge in [0.1, 0.15) is 0 Å². The van der Waals surface area contributed by atoms with Crippen molar-refractivity contribution in [1.29, 1.82) is 0 Å². The lowest BCUT2D eigenvalue weighted by atomic mass is 9.68. The van der Waals surface area contributed by atoms with Crippen LogP contribution in [0.15, 0.2) is 0 Å². The first-order valence-electron chi connectivity index (χ1n) is 7.37. The molecule has 2 fully saturated rings. The summed E-state index contributed by atoms with van der Waals surface area (Å²) in [6.45, 7) is 11.0. The molecule has 16 heavy (non-hydrogen) atoms. The van der Waals surface area contributed by atoms with Crippen LogP contribution >= 0.6 is 0 Å². The Morgan fingerprint density at radius 1 is 0.938 bits per heavy atom. The zero-order valence-corrected chi connectivity index (χ0v) is 11.6. The number of nitrogens with zero attached hydrogens (tertiary/aromatic N) is 1. The summed E-state index contributed by atoms with van der Waals surface area (Å²) in [5, 5.41) is 0. The molecule has 0 aromatic rings. The van der Waals surface area contributed by atoms with Gasteiger partial charge in [0, 0.05) is 12.1 Å². The first-order valence-corrected chi connectivity index (χ1v) is 7.37. The van der Waals surface area contributed by atoms with E-state index < -0.39 is 0 Å². The molecule has 3 unspecified atom stereocenters. The molecule has 1 saturated heterocycles. The Bertz CT molecular complexity index is 197. The molecule has 0 amide bonds. The molecule has 1 heterocycles. The number of hydrogen-bond acceptors (Lipinski definition) is 1. The summed E-state index contributed by atoms with van der Waals surface area (Å²) in [5.41, 5.74) is 0. The largest absolute Gasteiger partial charge is 0.298 e. The van der Waals surface area contributed by atoms with Crippen molar-refractivity contribution in [3.8, 4) is 0 Å². The van der Waals surface area contributed by atoms with E-state index in [1.165, 1.54) is 38.6 Å². The van der Waals surface area contributed by atoms with Crippen LogP contribution in [0.3, 0.4) is 0 Å². The van der Waals surface area contributed by atoms with E-state index in [4.69, 9.17) is 0 Å². The molecule has 94 valence electrons. The standard InChI is InChI=1S/C15H29N/c1-11(2)13-9-10-16(12(3)4)15-8-6-5-7-14(13)15/h11-15H,5-10H2,1-4H3.